The summed E-state index contributed by atoms with van der Waals surface area (Å²) in [5.74, 6) is -0.228. The van der Waals surface area contributed by atoms with Crippen molar-refractivity contribution in [1.82, 2.24) is 20.3 Å². The fourth-order valence-corrected chi connectivity index (χ4v) is 2.69. The van der Waals surface area contributed by atoms with Gasteiger partial charge in [0.25, 0.3) is 5.91 Å². The van der Waals surface area contributed by atoms with Crippen LogP contribution in [0.5, 0.6) is 0 Å². The summed E-state index contributed by atoms with van der Waals surface area (Å²) in [4.78, 5) is 12.3. The van der Waals surface area contributed by atoms with Gasteiger partial charge < -0.3 is 5.32 Å². The van der Waals surface area contributed by atoms with E-state index in [2.05, 4.69) is 27.8 Å². The smallest absolute Gasteiger partial charge is 0.273 e. The van der Waals surface area contributed by atoms with E-state index in [0.29, 0.717) is 5.02 Å². The maximum absolute atomic E-state index is 12.3. The minimum Gasteiger partial charge on any atom is -0.348 e. The van der Waals surface area contributed by atoms with Gasteiger partial charge in [-0.05, 0) is 43.5 Å². The van der Waals surface area contributed by atoms with Crippen molar-refractivity contribution >= 4 is 17.5 Å². The van der Waals surface area contributed by atoms with Gasteiger partial charge in [0.05, 0.1) is 11.9 Å². The maximum Gasteiger partial charge on any atom is 0.273 e. The molecule has 1 aromatic heterocycles. The maximum atomic E-state index is 12.3. The van der Waals surface area contributed by atoms with Crippen molar-refractivity contribution in [3.63, 3.8) is 0 Å². The summed E-state index contributed by atoms with van der Waals surface area (Å²) in [7, 11) is 0. The normalized spacial score (nSPS) is 11.9. The fraction of sp³-hybridized carbons (Fsp3) is 0.211. The van der Waals surface area contributed by atoms with Crippen LogP contribution in [0.1, 0.15) is 29.4 Å². The third-order valence-corrected chi connectivity index (χ3v) is 4.12. The molecule has 128 valence electrons. The van der Waals surface area contributed by atoms with Crippen LogP contribution >= 0.6 is 11.6 Å². The molecule has 3 rings (SSSR count). The van der Waals surface area contributed by atoms with Crippen molar-refractivity contribution in [2.24, 2.45) is 0 Å². The quantitative estimate of drug-likeness (QED) is 0.734. The van der Waals surface area contributed by atoms with Crippen LogP contribution in [0.2, 0.25) is 5.02 Å². The van der Waals surface area contributed by atoms with Crippen LogP contribution < -0.4 is 5.32 Å². The van der Waals surface area contributed by atoms with E-state index in [9.17, 15) is 4.79 Å². The Morgan fingerprint density at radius 1 is 1.20 bits per heavy atom. The summed E-state index contributed by atoms with van der Waals surface area (Å²) < 4.78 is 1.54. The Morgan fingerprint density at radius 3 is 2.76 bits per heavy atom. The Morgan fingerprint density at radius 2 is 2.00 bits per heavy atom. The lowest BCUT2D eigenvalue weighted by atomic mass is 10.1. The van der Waals surface area contributed by atoms with Crippen LogP contribution in [0.4, 0.5) is 0 Å². The van der Waals surface area contributed by atoms with Crippen molar-refractivity contribution in [3.8, 4) is 5.69 Å². The molecule has 0 unspecified atom stereocenters. The Hall–Kier alpha value is -2.66. The first kappa shape index (κ1) is 17.2. The molecular weight excluding hydrogens is 336 g/mol. The number of carbonyl (C=O) groups excluding carboxylic acids is 1. The first-order chi connectivity index (χ1) is 12.1. The van der Waals surface area contributed by atoms with E-state index < -0.39 is 0 Å². The number of aryl methyl sites for hydroxylation is 1. The zero-order valence-electron chi connectivity index (χ0n) is 13.9. The number of nitrogens with zero attached hydrogens (tertiary/aromatic N) is 3. The number of halogens is 1. The second-order valence-electron chi connectivity index (χ2n) is 5.93. The molecule has 1 N–H and O–H groups in total. The van der Waals surface area contributed by atoms with Gasteiger partial charge in [-0.2, -0.15) is 0 Å². The second-order valence-corrected chi connectivity index (χ2v) is 6.36. The molecule has 1 heterocycles. The lowest BCUT2D eigenvalue weighted by molar-refractivity contribution is 0.0933. The Balaban J connectivity index is 1.58. The van der Waals surface area contributed by atoms with Gasteiger partial charge >= 0.3 is 0 Å². The summed E-state index contributed by atoms with van der Waals surface area (Å²) >= 11 is 5.98. The average Bonchev–Trinajstić information content (AvgIpc) is 3.11. The lowest BCUT2D eigenvalue weighted by Gasteiger charge is -2.12. The summed E-state index contributed by atoms with van der Waals surface area (Å²) in [5.41, 5.74) is 2.30. The molecule has 0 spiro atoms. The SMILES string of the molecule is C[C@H](CCc1ccccc1)NC(=O)c1cn(-c2cccc(Cl)c2)nn1. The predicted octanol–water partition coefficient (Wildman–Crippen LogP) is 3.67. The second kappa shape index (κ2) is 7.94. The first-order valence-electron chi connectivity index (χ1n) is 8.15. The lowest BCUT2D eigenvalue weighted by Crippen LogP contribution is -2.33. The predicted molar refractivity (Wildman–Crippen MR) is 98.1 cm³/mol. The largest absolute Gasteiger partial charge is 0.348 e. The molecule has 0 bridgehead atoms. The van der Waals surface area contributed by atoms with Gasteiger partial charge in [-0.25, -0.2) is 4.68 Å². The molecule has 0 fully saturated rings. The number of carbonyl (C=O) groups is 1. The zero-order chi connectivity index (χ0) is 17.6. The third kappa shape index (κ3) is 4.67. The highest BCUT2D eigenvalue weighted by Crippen LogP contribution is 2.14. The van der Waals surface area contributed by atoms with Gasteiger partial charge in [-0.15, -0.1) is 5.10 Å². The van der Waals surface area contributed by atoms with E-state index in [-0.39, 0.29) is 17.6 Å². The Bertz CT molecular complexity index is 847. The van der Waals surface area contributed by atoms with Gasteiger partial charge in [0.15, 0.2) is 5.69 Å². The van der Waals surface area contributed by atoms with Crippen molar-refractivity contribution in [2.75, 3.05) is 0 Å². The first-order valence-corrected chi connectivity index (χ1v) is 8.53. The van der Waals surface area contributed by atoms with Crippen molar-refractivity contribution < 1.29 is 4.79 Å². The van der Waals surface area contributed by atoms with Crippen molar-refractivity contribution in [2.45, 2.75) is 25.8 Å². The van der Waals surface area contributed by atoms with E-state index in [1.165, 1.54) is 10.2 Å². The minimum atomic E-state index is -0.228. The Kier molecular flexibility index (Phi) is 5.46. The van der Waals surface area contributed by atoms with Gasteiger partial charge in [-0.3, -0.25) is 4.79 Å². The molecule has 0 saturated heterocycles. The third-order valence-electron chi connectivity index (χ3n) is 3.89. The average molecular weight is 355 g/mol. The highest BCUT2D eigenvalue weighted by molar-refractivity contribution is 6.30. The molecule has 1 amide bonds. The van der Waals surface area contributed by atoms with Gasteiger partial charge in [-0.1, -0.05) is 53.2 Å². The van der Waals surface area contributed by atoms with E-state index in [1.54, 1.807) is 18.3 Å². The summed E-state index contributed by atoms with van der Waals surface area (Å²) in [5, 5.41) is 11.5. The number of benzene rings is 2. The van der Waals surface area contributed by atoms with Crippen LogP contribution in [-0.2, 0) is 6.42 Å². The molecule has 0 radical (unpaired) electrons. The van der Waals surface area contributed by atoms with Crippen LogP contribution in [0.15, 0.2) is 60.8 Å². The number of amides is 1. The number of aromatic nitrogens is 3. The van der Waals surface area contributed by atoms with E-state index in [1.807, 2.05) is 37.3 Å². The van der Waals surface area contributed by atoms with Crippen LogP contribution in [0.25, 0.3) is 5.69 Å². The molecule has 0 saturated carbocycles. The van der Waals surface area contributed by atoms with Gasteiger partial charge in [0.1, 0.15) is 0 Å². The number of hydrogen-bond donors (Lipinski definition) is 1. The van der Waals surface area contributed by atoms with E-state index >= 15 is 0 Å². The molecule has 1 atom stereocenters. The molecule has 6 heteroatoms. The van der Waals surface area contributed by atoms with E-state index in [4.69, 9.17) is 11.6 Å². The summed E-state index contributed by atoms with van der Waals surface area (Å²) in [6.07, 6.45) is 3.38. The van der Waals surface area contributed by atoms with Crippen molar-refractivity contribution in [3.05, 3.63) is 77.1 Å². The summed E-state index contributed by atoms with van der Waals surface area (Å²) in [6, 6.07) is 17.5. The zero-order valence-corrected chi connectivity index (χ0v) is 14.6. The molecule has 0 aliphatic carbocycles. The molecular formula is C19H19ClN4O. The minimum absolute atomic E-state index is 0.0454. The monoisotopic (exact) mass is 354 g/mol. The molecule has 25 heavy (non-hydrogen) atoms. The molecule has 2 aromatic carbocycles. The number of hydrogen-bond acceptors (Lipinski definition) is 3. The highest BCUT2D eigenvalue weighted by atomic mass is 35.5. The highest BCUT2D eigenvalue weighted by Gasteiger charge is 2.14. The molecule has 5 nitrogen and oxygen atoms in total. The molecule has 3 aromatic rings. The number of rotatable bonds is 6. The topological polar surface area (TPSA) is 59.8 Å². The fourth-order valence-electron chi connectivity index (χ4n) is 2.51. The van der Waals surface area contributed by atoms with E-state index in [0.717, 1.165) is 18.5 Å². The van der Waals surface area contributed by atoms with Crippen molar-refractivity contribution in [1.29, 1.82) is 0 Å². The van der Waals surface area contributed by atoms with Crippen LogP contribution in [0.3, 0.4) is 0 Å². The van der Waals surface area contributed by atoms with Gasteiger partial charge in [0, 0.05) is 11.1 Å². The Labute approximate surface area is 151 Å². The van der Waals surface area contributed by atoms with Crippen LogP contribution in [0, 0.1) is 0 Å². The molecule has 0 aliphatic heterocycles. The number of nitrogens with one attached hydrogen (secondary N) is 1. The summed E-state index contributed by atoms with van der Waals surface area (Å²) in [6.45, 7) is 1.99. The van der Waals surface area contributed by atoms with Gasteiger partial charge in [0.2, 0.25) is 0 Å². The molecule has 0 aliphatic rings. The standard InChI is InChI=1S/C19H19ClN4O/c1-14(10-11-15-6-3-2-4-7-15)21-19(25)18-13-24(23-22-18)17-9-5-8-16(20)12-17/h2-9,12-14H,10-11H2,1H3,(H,21,25)/t14-/m1/s1. The van der Waals surface area contributed by atoms with Crippen LogP contribution in [-0.4, -0.2) is 26.9 Å².